The van der Waals surface area contributed by atoms with Crippen LogP contribution in [0.4, 0.5) is 0 Å². The van der Waals surface area contributed by atoms with Crippen LogP contribution < -0.4 is 38.1 Å². The van der Waals surface area contributed by atoms with Crippen molar-refractivity contribution in [1.82, 2.24) is 26.6 Å². The summed E-state index contributed by atoms with van der Waals surface area (Å²) in [7, 11) is 0. The second kappa shape index (κ2) is 23.6. The van der Waals surface area contributed by atoms with Gasteiger partial charge in [-0.1, -0.05) is 65.0 Å². The molecule has 0 radical (unpaired) electrons. The van der Waals surface area contributed by atoms with E-state index in [0.717, 1.165) is 5.56 Å². The van der Waals surface area contributed by atoms with Crippen molar-refractivity contribution >= 4 is 47.4 Å². The zero-order chi connectivity index (χ0) is 42.0. The van der Waals surface area contributed by atoms with Crippen LogP contribution in [-0.2, 0) is 44.8 Å². The molecule has 0 saturated carbocycles. The number of aliphatic carboxylic acids is 2. The highest BCUT2D eigenvalue weighted by atomic mass is 16.4. The highest BCUT2D eigenvalue weighted by Crippen LogP contribution is 2.17. The summed E-state index contributed by atoms with van der Waals surface area (Å²) in [4.78, 5) is 100.0. The summed E-state index contributed by atoms with van der Waals surface area (Å²) >= 11 is 0. The molecule has 18 heteroatoms. The normalized spacial score (nSPS) is 15.6. The largest absolute Gasteiger partial charge is 0.481 e. The lowest BCUT2D eigenvalue weighted by Crippen LogP contribution is -2.57. The SMILES string of the molecule is CC(C)C[C@H](NC(=O)[C@H](CC(N)=O)NC(=O)C(N)C(C)C)[C@@H](O)C[C@@H](C)C(=O)N[C@@H](C)C(=O)N[C@@H](CCC(=O)O)C(=O)NC[C@@H](Cc1ccccc1)C(=O)O. The van der Waals surface area contributed by atoms with Crippen LogP contribution >= 0.6 is 0 Å². The minimum Gasteiger partial charge on any atom is -0.481 e. The molecule has 0 aromatic heterocycles. The summed E-state index contributed by atoms with van der Waals surface area (Å²) in [6.45, 7) is 9.62. The van der Waals surface area contributed by atoms with Gasteiger partial charge in [0.2, 0.25) is 35.4 Å². The van der Waals surface area contributed by atoms with Crippen LogP contribution in [0.15, 0.2) is 30.3 Å². The molecule has 12 N–H and O–H groups in total. The van der Waals surface area contributed by atoms with E-state index in [1.54, 1.807) is 44.2 Å². The highest BCUT2D eigenvalue weighted by Gasteiger charge is 2.33. The summed E-state index contributed by atoms with van der Waals surface area (Å²) in [6.07, 6.45) is -2.44. The number of amides is 6. The lowest BCUT2D eigenvalue weighted by molar-refractivity contribution is -0.142. The van der Waals surface area contributed by atoms with E-state index in [2.05, 4.69) is 26.6 Å². The highest BCUT2D eigenvalue weighted by molar-refractivity contribution is 5.94. The third kappa shape index (κ3) is 18.2. The number of aliphatic hydroxyl groups is 1. The Morgan fingerprint density at radius 3 is 1.85 bits per heavy atom. The molecular formula is C37H59N7O11. The smallest absolute Gasteiger partial charge is 0.308 e. The Balaban J connectivity index is 2.95. The summed E-state index contributed by atoms with van der Waals surface area (Å²) in [5.74, 6) is -9.21. The predicted octanol–water partition coefficient (Wildman–Crippen LogP) is -0.838. The quantitative estimate of drug-likeness (QED) is 0.0582. The van der Waals surface area contributed by atoms with Gasteiger partial charge >= 0.3 is 11.9 Å². The number of carbonyl (C=O) groups excluding carboxylic acids is 6. The van der Waals surface area contributed by atoms with Crippen LogP contribution in [0.1, 0.15) is 79.2 Å². The van der Waals surface area contributed by atoms with Gasteiger partial charge in [-0.2, -0.15) is 0 Å². The van der Waals surface area contributed by atoms with E-state index in [4.69, 9.17) is 11.5 Å². The number of aliphatic hydroxyl groups excluding tert-OH is 1. The van der Waals surface area contributed by atoms with E-state index >= 15 is 0 Å². The van der Waals surface area contributed by atoms with E-state index in [1.165, 1.54) is 13.8 Å². The molecule has 0 bridgehead atoms. The average molecular weight is 778 g/mol. The molecule has 0 aliphatic rings. The topological polar surface area (TPSA) is 309 Å². The van der Waals surface area contributed by atoms with Gasteiger partial charge in [0.15, 0.2) is 0 Å². The maximum Gasteiger partial charge on any atom is 0.308 e. The summed E-state index contributed by atoms with van der Waals surface area (Å²) < 4.78 is 0. The third-order valence-electron chi connectivity index (χ3n) is 8.85. The Labute approximate surface area is 321 Å². The van der Waals surface area contributed by atoms with Gasteiger partial charge < -0.3 is 53.4 Å². The number of carboxylic acid groups (broad SMARTS) is 2. The Kier molecular flexibility index (Phi) is 20.6. The molecule has 1 aromatic carbocycles. The molecule has 0 aliphatic heterocycles. The minimum absolute atomic E-state index is 0.0449. The van der Waals surface area contributed by atoms with Gasteiger partial charge in [0.25, 0.3) is 0 Å². The standard InChI is InChI=1S/C37H59N7O11/c1-19(2)14-26(43-35(52)27(17-29(38)46)44-36(53)31(39)20(3)4)28(45)15-21(5)32(49)41-22(6)33(50)42-25(12-13-30(47)48)34(51)40-18-24(37(54)55)16-23-10-8-7-9-11-23/h7-11,19-22,24-28,31,45H,12-18,39H2,1-6H3,(H2,38,46)(H,40,51)(H,41,49)(H,42,50)(H,43,52)(H,44,53)(H,47,48)(H,54,55)/t21-,22+,24-,25+,26+,27+,28+,31?/m1/s1. The van der Waals surface area contributed by atoms with E-state index in [9.17, 15) is 53.7 Å². The number of primary amides is 1. The molecule has 0 heterocycles. The van der Waals surface area contributed by atoms with Crippen molar-refractivity contribution in [2.75, 3.05) is 6.54 Å². The van der Waals surface area contributed by atoms with Crippen molar-refractivity contribution < 1.29 is 53.7 Å². The summed E-state index contributed by atoms with van der Waals surface area (Å²) in [5, 5.41) is 42.5. The number of nitrogens with one attached hydrogen (secondary N) is 5. The van der Waals surface area contributed by atoms with Crippen LogP contribution in [0.3, 0.4) is 0 Å². The van der Waals surface area contributed by atoms with Crippen LogP contribution in [0.2, 0.25) is 0 Å². The van der Waals surface area contributed by atoms with Crippen LogP contribution in [0.25, 0.3) is 0 Å². The van der Waals surface area contributed by atoms with Crippen molar-refractivity contribution in [1.29, 1.82) is 0 Å². The molecular weight excluding hydrogens is 718 g/mol. The van der Waals surface area contributed by atoms with E-state index in [1.807, 2.05) is 13.8 Å². The number of hydrogen-bond acceptors (Lipinski definition) is 10. The second-order valence-corrected chi connectivity index (χ2v) is 14.6. The summed E-state index contributed by atoms with van der Waals surface area (Å²) in [5.41, 5.74) is 11.9. The number of carbonyl (C=O) groups is 8. The molecule has 1 rings (SSSR count). The first kappa shape index (κ1) is 47.9. The first-order valence-corrected chi connectivity index (χ1v) is 18.3. The first-order valence-electron chi connectivity index (χ1n) is 18.3. The molecule has 0 aliphatic carbocycles. The number of carboxylic acids is 2. The van der Waals surface area contributed by atoms with Gasteiger partial charge in [0.05, 0.1) is 30.5 Å². The van der Waals surface area contributed by atoms with Crippen LogP contribution in [-0.4, -0.2) is 106 Å². The summed E-state index contributed by atoms with van der Waals surface area (Å²) in [6, 6.07) is 2.92. The maximum atomic E-state index is 13.2. The van der Waals surface area contributed by atoms with E-state index in [-0.39, 0.29) is 44.1 Å². The lowest BCUT2D eigenvalue weighted by Gasteiger charge is -2.30. The molecule has 6 amide bonds. The fourth-order valence-corrected chi connectivity index (χ4v) is 5.47. The fourth-order valence-electron chi connectivity index (χ4n) is 5.47. The van der Waals surface area contributed by atoms with Gasteiger partial charge in [0, 0.05) is 18.9 Å². The number of rotatable bonds is 25. The second-order valence-electron chi connectivity index (χ2n) is 14.6. The van der Waals surface area contributed by atoms with Gasteiger partial charge in [-0.3, -0.25) is 38.4 Å². The zero-order valence-corrected chi connectivity index (χ0v) is 32.4. The zero-order valence-electron chi connectivity index (χ0n) is 32.4. The number of hydrogen-bond donors (Lipinski definition) is 10. The predicted molar refractivity (Wildman–Crippen MR) is 200 cm³/mol. The maximum absolute atomic E-state index is 13.2. The molecule has 0 saturated heterocycles. The molecule has 1 unspecified atom stereocenters. The molecule has 0 fully saturated rings. The molecule has 8 atom stereocenters. The molecule has 18 nitrogen and oxygen atoms in total. The van der Waals surface area contributed by atoms with Crippen molar-refractivity contribution in [3.63, 3.8) is 0 Å². The Morgan fingerprint density at radius 2 is 1.33 bits per heavy atom. The van der Waals surface area contributed by atoms with Gasteiger partial charge in [-0.05, 0) is 50.0 Å². The van der Waals surface area contributed by atoms with E-state index < -0.39 is 108 Å². The van der Waals surface area contributed by atoms with Crippen molar-refractivity contribution in [2.24, 2.45) is 35.1 Å². The number of benzene rings is 1. The monoisotopic (exact) mass is 777 g/mol. The fraction of sp³-hybridized carbons (Fsp3) is 0.622. The Hall–Kier alpha value is -5.10. The van der Waals surface area contributed by atoms with Gasteiger partial charge in [-0.25, -0.2) is 0 Å². The van der Waals surface area contributed by atoms with E-state index in [0.29, 0.717) is 0 Å². The van der Waals surface area contributed by atoms with Gasteiger partial charge in [-0.15, -0.1) is 0 Å². The average Bonchev–Trinajstić information content (AvgIpc) is 3.09. The first-order chi connectivity index (χ1) is 25.6. The van der Waals surface area contributed by atoms with Crippen molar-refractivity contribution in [3.8, 4) is 0 Å². The molecule has 0 spiro atoms. The molecule has 1 aromatic rings. The Morgan fingerprint density at radius 1 is 0.727 bits per heavy atom. The molecule has 308 valence electrons. The minimum atomic E-state index is -1.37. The van der Waals surface area contributed by atoms with Crippen molar-refractivity contribution in [3.05, 3.63) is 35.9 Å². The Bertz CT molecular complexity index is 1470. The van der Waals surface area contributed by atoms with Crippen LogP contribution in [0.5, 0.6) is 0 Å². The lowest BCUT2D eigenvalue weighted by atomic mass is 9.92. The third-order valence-corrected chi connectivity index (χ3v) is 8.85. The van der Waals surface area contributed by atoms with Crippen molar-refractivity contribution in [2.45, 2.75) is 116 Å². The van der Waals surface area contributed by atoms with Gasteiger partial charge in [0.1, 0.15) is 18.1 Å². The van der Waals surface area contributed by atoms with Crippen LogP contribution in [0, 0.1) is 23.7 Å². The number of nitrogens with two attached hydrogens (primary N) is 2. The molecule has 55 heavy (non-hydrogen) atoms.